The molecule has 0 aromatic heterocycles. The van der Waals surface area contributed by atoms with Crippen LogP contribution in [0.4, 0.5) is 11.4 Å². The van der Waals surface area contributed by atoms with Crippen LogP contribution < -0.4 is 5.32 Å². The van der Waals surface area contributed by atoms with Gasteiger partial charge in [0.15, 0.2) is 0 Å². The normalized spacial score (nSPS) is 11.3. The number of aliphatic hydroxyl groups excluding tert-OH is 1. The monoisotopic (exact) mass is 238 g/mol. The summed E-state index contributed by atoms with van der Waals surface area (Å²) in [5, 5.41) is 22.9. The highest BCUT2D eigenvalue weighted by atomic mass is 16.6. The quantitative estimate of drug-likeness (QED) is 0.610. The van der Waals surface area contributed by atoms with Crippen molar-refractivity contribution in [3.05, 3.63) is 33.9 Å². The van der Waals surface area contributed by atoms with E-state index >= 15 is 0 Å². The van der Waals surface area contributed by atoms with Gasteiger partial charge in [0.25, 0.3) is 5.69 Å². The molecule has 94 valence electrons. The van der Waals surface area contributed by atoms with Gasteiger partial charge in [-0.25, -0.2) is 0 Å². The van der Waals surface area contributed by atoms with Crippen LogP contribution in [0, 0.1) is 17.0 Å². The van der Waals surface area contributed by atoms with Gasteiger partial charge in [-0.15, -0.1) is 0 Å². The van der Waals surface area contributed by atoms with Crippen molar-refractivity contribution in [1.29, 1.82) is 0 Å². The predicted octanol–water partition coefficient (Wildman–Crippen LogP) is 2.48. The Balaban J connectivity index is 3.04. The van der Waals surface area contributed by atoms with Gasteiger partial charge >= 0.3 is 0 Å². The number of rotatable bonds is 5. The van der Waals surface area contributed by atoms with Gasteiger partial charge < -0.3 is 10.4 Å². The summed E-state index contributed by atoms with van der Waals surface area (Å²) in [6.07, 6.45) is 0.526. The third kappa shape index (κ3) is 3.71. The number of nitro groups is 1. The number of nitro benzene ring substituents is 1. The lowest BCUT2D eigenvalue weighted by atomic mass is 10.00. The number of benzene rings is 1. The number of hydrogen-bond donors (Lipinski definition) is 2. The summed E-state index contributed by atoms with van der Waals surface area (Å²) in [7, 11) is 0. The van der Waals surface area contributed by atoms with E-state index in [1.807, 2.05) is 20.8 Å². The number of nitrogens with zero attached hydrogens (tertiary/aromatic N) is 1. The summed E-state index contributed by atoms with van der Waals surface area (Å²) < 4.78 is 0. The maximum atomic E-state index is 10.9. The molecule has 1 rings (SSSR count). The third-order valence-electron chi connectivity index (χ3n) is 2.56. The summed E-state index contributed by atoms with van der Waals surface area (Å²) in [5.41, 5.74) is 1.13. The van der Waals surface area contributed by atoms with Crippen LogP contribution in [0.3, 0.4) is 0 Å². The van der Waals surface area contributed by atoms with Crippen molar-refractivity contribution in [1.82, 2.24) is 0 Å². The molecule has 0 heterocycles. The van der Waals surface area contributed by atoms with Crippen molar-refractivity contribution in [3.63, 3.8) is 0 Å². The van der Waals surface area contributed by atoms with Gasteiger partial charge in [-0.1, -0.05) is 6.07 Å². The molecule has 2 N–H and O–H groups in total. The SMILES string of the molecule is Cc1ccc([N+](=O)[O-])c(NC(C)(C)CCO)c1. The molecule has 5 heteroatoms. The molecule has 0 unspecified atom stereocenters. The van der Waals surface area contributed by atoms with Crippen LogP contribution in [0.5, 0.6) is 0 Å². The molecule has 1 aromatic carbocycles. The number of anilines is 1. The Morgan fingerprint density at radius 2 is 2.12 bits per heavy atom. The van der Waals surface area contributed by atoms with Crippen molar-refractivity contribution in [2.45, 2.75) is 32.7 Å². The zero-order valence-electron chi connectivity index (χ0n) is 10.4. The van der Waals surface area contributed by atoms with E-state index in [0.717, 1.165) is 5.56 Å². The highest BCUT2D eigenvalue weighted by Crippen LogP contribution is 2.28. The number of aliphatic hydroxyl groups is 1. The number of nitrogens with one attached hydrogen (secondary N) is 1. The first kappa shape index (κ1) is 13.4. The van der Waals surface area contributed by atoms with E-state index in [0.29, 0.717) is 12.1 Å². The molecule has 0 saturated heterocycles. The Morgan fingerprint density at radius 1 is 1.47 bits per heavy atom. The Bertz CT molecular complexity index is 416. The fourth-order valence-electron chi connectivity index (χ4n) is 1.62. The van der Waals surface area contributed by atoms with E-state index in [1.165, 1.54) is 6.07 Å². The minimum atomic E-state index is -0.406. The average Bonchev–Trinajstić information content (AvgIpc) is 2.15. The van der Waals surface area contributed by atoms with Gasteiger partial charge in [0.2, 0.25) is 0 Å². The average molecular weight is 238 g/mol. The second kappa shape index (κ2) is 5.14. The van der Waals surface area contributed by atoms with Crippen LogP contribution in [-0.4, -0.2) is 22.2 Å². The van der Waals surface area contributed by atoms with E-state index in [4.69, 9.17) is 5.11 Å². The minimum absolute atomic E-state index is 0.0413. The molecule has 0 aliphatic rings. The predicted molar refractivity (Wildman–Crippen MR) is 67.2 cm³/mol. The highest BCUT2D eigenvalue weighted by Gasteiger charge is 2.21. The van der Waals surface area contributed by atoms with Crippen LogP contribution in [0.15, 0.2) is 18.2 Å². The first-order valence-electron chi connectivity index (χ1n) is 5.50. The summed E-state index contributed by atoms with van der Waals surface area (Å²) in [6, 6.07) is 4.95. The van der Waals surface area contributed by atoms with Crippen molar-refractivity contribution in [2.75, 3.05) is 11.9 Å². The summed E-state index contributed by atoms with van der Waals surface area (Å²) in [5.74, 6) is 0. The van der Waals surface area contributed by atoms with Crippen molar-refractivity contribution < 1.29 is 10.0 Å². The smallest absolute Gasteiger partial charge is 0.292 e. The van der Waals surface area contributed by atoms with E-state index in [2.05, 4.69) is 5.32 Å². The van der Waals surface area contributed by atoms with E-state index in [9.17, 15) is 10.1 Å². The third-order valence-corrected chi connectivity index (χ3v) is 2.56. The van der Waals surface area contributed by atoms with Gasteiger partial charge in [-0.2, -0.15) is 0 Å². The zero-order chi connectivity index (χ0) is 13.1. The lowest BCUT2D eigenvalue weighted by Gasteiger charge is -2.26. The zero-order valence-corrected chi connectivity index (χ0v) is 10.4. The molecule has 17 heavy (non-hydrogen) atoms. The van der Waals surface area contributed by atoms with Crippen LogP contribution >= 0.6 is 0 Å². The Hall–Kier alpha value is -1.62. The maximum Gasteiger partial charge on any atom is 0.292 e. The lowest BCUT2D eigenvalue weighted by molar-refractivity contribution is -0.384. The van der Waals surface area contributed by atoms with Crippen LogP contribution in [0.1, 0.15) is 25.8 Å². The highest BCUT2D eigenvalue weighted by molar-refractivity contribution is 5.63. The van der Waals surface area contributed by atoms with Crippen LogP contribution in [-0.2, 0) is 0 Å². The Morgan fingerprint density at radius 3 is 2.65 bits per heavy atom. The number of aryl methyl sites for hydroxylation is 1. The van der Waals surface area contributed by atoms with E-state index < -0.39 is 4.92 Å². The first-order chi connectivity index (χ1) is 7.85. The Labute approximate surface area is 101 Å². The van der Waals surface area contributed by atoms with E-state index in [1.54, 1.807) is 12.1 Å². The van der Waals surface area contributed by atoms with Gasteiger partial charge in [-0.05, 0) is 38.8 Å². The molecular weight excluding hydrogens is 220 g/mol. The fraction of sp³-hybridized carbons (Fsp3) is 0.500. The van der Waals surface area contributed by atoms with Gasteiger partial charge in [0.1, 0.15) is 5.69 Å². The fourth-order valence-corrected chi connectivity index (χ4v) is 1.62. The van der Waals surface area contributed by atoms with Gasteiger partial charge in [-0.3, -0.25) is 10.1 Å². The Kier molecular flexibility index (Phi) is 4.07. The van der Waals surface area contributed by atoms with Crippen molar-refractivity contribution in [3.8, 4) is 0 Å². The largest absolute Gasteiger partial charge is 0.396 e. The van der Waals surface area contributed by atoms with Crippen molar-refractivity contribution >= 4 is 11.4 Å². The molecule has 0 amide bonds. The first-order valence-corrected chi connectivity index (χ1v) is 5.50. The van der Waals surface area contributed by atoms with Crippen LogP contribution in [0.25, 0.3) is 0 Å². The molecule has 0 aliphatic carbocycles. The molecular formula is C12H18N2O3. The van der Waals surface area contributed by atoms with Gasteiger partial charge in [0, 0.05) is 18.2 Å². The molecule has 0 bridgehead atoms. The minimum Gasteiger partial charge on any atom is -0.396 e. The molecule has 5 nitrogen and oxygen atoms in total. The second-order valence-corrected chi connectivity index (χ2v) is 4.76. The second-order valence-electron chi connectivity index (χ2n) is 4.76. The molecule has 0 atom stereocenters. The maximum absolute atomic E-state index is 10.9. The standard InChI is InChI=1S/C12H18N2O3/c1-9-4-5-11(14(16)17)10(8-9)13-12(2,3)6-7-15/h4-5,8,13,15H,6-7H2,1-3H3. The molecule has 0 saturated carbocycles. The van der Waals surface area contributed by atoms with Crippen LogP contribution in [0.2, 0.25) is 0 Å². The molecule has 0 spiro atoms. The van der Waals surface area contributed by atoms with Crippen molar-refractivity contribution in [2.24, 2.45) is 0 Å². The topological polar surface area (TPSA) is 75.4 Å². The summed E-state index contributed by atoms with van der Waals surface area (Å²) >= 11 is 0. The lowest BCUT2D eigenvalue weighted by Crippen LogP contribution is -2.32. The summed E-state index contributed by atoms with van der Waals surface area (Å²) in [4.78, 5) is 10.5. The molecule has 0 fully saturated rings. The summed E-state index contributed by atoms with van der Waals surface area (Å²) in [6.45, 7) is 5.72. The molecule has 1 aromatic rings. The van der Waals surface area contributed by atoms with Gasteiger partial charge in [0.05, 0.1) is 4.92 Å². The molecule has 0 aliphatic heterocycles. The molecule has 0 radical (unpaired) electrons. The number of hydrogen-bond acceptors (Lipinski definition) is 4. The van der Waals surface area contributed by atoms with E-state index in [-0.39, 0.29) is 17.8 Å².